The predicted octanol–water partition coefficient (Wildman–Crippen LogP) is 3.56. The Hall–Kier alpha value is -1.38. The highest BCUT2D eigenvalue weighted by Crippen LogP contribution is 2.30. The van der Waals surface area contributed by atoms with Crippen molar-refractivity contribution in [2.45, 2.75) is 52.4 Å². The fourth-order valence-electron chi connectivity index (χ4n) is 2.10. The Labute approximate surface area is 109 Å². The van der Waals surface area contributed by atoms with E-state index >= 15 is 0 Å². The van der Waals surface area contributed by atoms with Crippen LogP contribution in [-0.4, -0.2) is 14.8 Å². The molecule has 0 aliphatic rings. The molecule has 0 radical (unpaired) electrons. The fraction of sp³-hybridized carbons (Fsp3) is 0.600. The maximum atomic E-state index is 4.78. The molecule has 0 N–H and O–H groups in total. The van der Waals surface area contributed by atoms with Crippen molar-refractivity contribution in [3.05, 3.63) is 23.5 Å². The van der Waals surface area contributed by atoms with Gasteiger partial charge >= 0.3 is 0 Å². The van der Waals surface area contributed by atoms with Gasteiger partial charge in [-0.15, -0.1) is 0 Å². The number of pyridine rings is 1. The van der Waals surface area contributed by atoms with Gasteiger partial charge in [0.05, 0.1) is 5.69 Å². The topological polar surface area (TPSA) is 30.7 Å². The number of aromatic nitrogens is 3. The van der Waals surface area contributed by atoms with Crippen molar-refractivity contribution in [1.29, 1.82) is 0 Å². The summed E-state index contributed by atoms with van der Waals surface area (Å²) in [5, 5.41) is 5.80. The fourth-order valence-corrected chi connectivity index (χ4v) is 2.10. The van der Waals surface area contributed by atoms with Crippen molar-refractivity contribution in [3.63, 3.8) is 0 Å². The highest BCUT2D eigenvalue weighted by Gasteiger charge is 2.24. The Balaban J connectivity index is 2.71. The lowest BCUT2D eigenvalue weighted by molar-refractivity contribution is 0.557. The van der Waals surface area contributed by atoms with E-state index in [0.717, 1.165) is 22.4 Å². The summed E-state index contributed by atoms with van der Waals surface area (Å²) in [5.41, 5.74) is 3.32. The maximum Gasteiger partial charge on any atom is 0.158 e. The predicted molar refractivity (Wildman–Crippen MR) is 75.9 cm³/mol. The molecule has 0 spiro atoms. The summed E-state index contributed by atoms with van der Waals surface area (Å²) >= 11 is 0. The zero-order valence-electron chi connectivity index (χ0n) is 12.5. The number of aryl methyl sites for hydroxylation is 1. The average Bonchev–Trinajstić information content (AvgIpc) is 2.54. The van der Waals surface area contributed by atoms with E-state index in [1.165, 1.54) is 0 Å². The minimum atomic E-state index is 0.0461. The Morgan fingerprint density at radius 3 is 2.06 bits per heavy atom. The molecule has 3 nitrogen and oxygen atoms in total. The molecule has 2 rings (SSSR count). The summed E-state index contributed by atoms with van der Waals surface area (Å²) < 4.78 is 1.89. The Morgan fingerprint density at radius 2 is 1.56 bits per heavy atom. The van der Waals surface area contributed by atoms with E-state index in [1.807, 2.05) is 11.7 Å². The van der Waals surface area contributed by atoms with Gasteiger partial charge in [0.1, 0.15) is 0 Å². The van der Waals surface area contributed by atoms with Crippen LogP contribution in [-0.2, 0) is 17.9 Å². The standard InChI is InChI=1S/C15H23N3/c1-14(2,3)11-9-8-10-12(15(4,5)6)17-18(7)13(10)16-11/h8-9H,1-7H3. The second-order valence-electron chi connectivity index (χ2n) is 7.04. The first-order chi connectivity index (χ1) is 8.10. The number of rotatable bonds is 0. The summed E-state index contributed by atoms with van der Waals surface area (Å²) in [5.74, 6) is 0. The van der Waals surface area contributed by atoms with Gasteiger partial charge in [0.2, 0.25) is 0 Å². The smallest absolute Gasteiger partial charge is 0.158 e. The van der Waals surface area contributed by atoms with Gasteiger partial charge in [-0.05, 0) is 12.1 Å². The normalized spacial score (nSPS) is 13.3. The molecule has 0 aliphatic carbocycles. The number of fused-ring (bicyclic) bond motifs is 1. The van der Waals surface area contributed by atoms with Gasteiger partial charge < -0.3 is 0 Å². The highest BCUT2D eigenvalue weighted by atomic mass is 15.3. The maximum absolute atomic E-state index is 4.78. The van der Waals surface area contributed by atoms with Gasteiger partial charge in [-0.1, -0.05) is 41.5 Å². The molecule has 0 bridgehead atoms. The van der Waals surface area contributed by atoms with Crippen LogP contribution >= 0.6 is 0 Å². The van der Waals surface area contributed by atoms with Gasteiger partial charge in [0.25, 0.3) is 0 Å². The molecule has 0 amide bonds. The zero-order chi connectivity index (χ0) is 13.7. The third kappa shape index (κ3) is 2.14. The first-order valence-electron chi connectivity index (χ1n) is 6.45. The van der Waals surface area contributed by atoms with E-state index in [4.69, 9.17) is 4.98 Å². The molecule has 2 aromatic rings. The van der Waals surface area contributed by atoms with Gasteiger partial charge in [-0.25, -0.2) is 4.98 Å². The molecule has 3 heteroatoms. The second kappa shape index (κ2) is 3.81. The summed E-state index contributed by atoms with van der Waals surface area (Å²) in [4.78, 5) is 4.78. The number of nitrogens with zero attached hydrogens (tertiary/aromatic N) is 3. The van der Waals surface area contributed by atoms with E-state index < -0.39 is 0 Å². The molecule has 0 saturated carbocycles. The van der Waals surface area contributed by atoms with Crippen LogP contribution in [0, 0.1) is 0 Å². The van der Waals surface area contributed by atoms with Gasteiger partial charge in [0.15, 0.2) is 5.65 Å². The molecule has 2 heterocycles. The highest BCUT2D eigenvalue weighted by molar-refractivity contribution is 5.79. The van der Waals surface area contributed by atoms with Crippen molar-refractivity contribution >= 4 is 11.0 Å². The second-order valence-corrected chi connectivity index (χ2v) is 7.04. The molecule has 0 saturated heterocycles. The SMILES string of the molecule is Cn1nc(C(C)(C)C)c2ccc(C(C)(C)C)nc21. The lowest BCUT2D eigenvalue weighted by Crippen LogP contribution is -2.14. The molecule has 0 fully saturated rings. The van der Waals surface area contributed by atoms with Gasteiger partial charge in [-0.3, -0.25) is 4.68 Å². The van der Waals surface area contributed by atoms with Crippen molar-refractivity contribution in [3.8, 4) is 0 Å². The van der Waals surface area contributed by atoms with Crippen molar-refractivity contribution < 1.29 is 0 Å². The van der Waals surface area contributed by atoms with Crippen molar-refractivity contribution in [2.75, 3.05) is 0 Å². The lowest BCUT2D eigenvalue weighted by Gasteiger charge is -2.18. The van der Waals surface area contributed by atoms with Gasteiger partial charge in [0, 0.05) is 29.0 Å². The van der Waals surface area contributed by atoms with Crippen LogP contribution in [0.1, 0.15) is 52.9 Å². The minimum Gasteiger partial charge on any atom is -0.250 e. The third-order valence-electron chi connectivity index (χ3n) is 3.17. The monoisotopic (exact) mass is 245 g/mol. The molecular weight excluding hydrogens is 222 g/mol. The molecular formula is C15H23N3. The van der Waals surface area contributed by atoms with E-state index in [-0.39, 0.29) is 10.8 Å². The molecule has 0 aromatic carbocycles. The van der Waals surface area contributed by atoms with Crippen LogP contribution < -0.4 is 0 Å². The average molecular weight is 245 g/mol. The van der Waals surface area contributed by atoms with E-state index in [9.17, 15) is 0 Å². The number of hydrogen-bond acceptors (Lipinski definition) is 2. The van der Waals surface area contributed by atoms with Crippen LogP contribution in [0.5, 0.6) is 0 Å². The molecule has 2 aromatic heterocycles. The zero-order valence-corrected chi connectivity index (χ0v) is 12.5. The van der Waals surface area contributed by atoms with Crippen LogP contribution in [0.15, 0.2) is 12.1 Å². The summed E-state index contributed by atoms with van der Waals surface area (Å²) in [6, 6.07) is 4.29. The summed E-state index contributed by atoms with van der Waals surface area (Å²) in [6.07, 6.45) is 0. The largest absolute Gasteiger partial charge is 0.250 e. The van der Waals surface area contributed by atoms with Crippen molar-refractivity contribution in [2.24, 2.45) is 7.05 Å². The molecule has 0 unspecified atom stereocenters. The first kappa shape index (κ1) is 13.1. The Bertz CT molecular complexity index is 580. The van der Waals surface area contributed by atoms with Crippen LogP contribution in [0.2, 0.25) is 0 Å². The molecule has 98 valence electrons. The Morgan fingerprint density at radius 1 is 0.944 bits per heavy atom. The van der Waals surface area contributed by atoms with E-state index in [2.05, 4.69) is 58.8 Å². The molecule has 0 atom stereocenters. The van der Waals surface area contributed by atoms with E-state index in [0.29, 0.717) is 0 Å². The van der Waals surface area contributed by atoms with Crippen LogP contribution in [0.4, 0.5) is 0 Å². The van der Waals surface area contributed by atoms with E-state index in [1.54, 1.807) is 0 Å². The van der Waals surface area contributed by atoms with Crippen molar-refractivity contribution in [1.82, 2.24) is 14.8 Å². The van der Waals surface area contributed by atoms with Gasteiger partial charge in [-0.2, -0.15) is 5.10 Å². The summed E-state index contributed by atoms with van der Waals surface area (Å²) in [7, 11) is 1.97. The minimum absolute atomic E-state index is 0.0461. The first-order valence-corrected chi connectivity index (χ1v) is 6.45. The Kier molecular flexibility index (Phi) is 2.76. The number of hydrogen-bond donors (Lipinski definition) is 0. The molecule has 0 aliphatic heterocycles. The quantitative estimate of drug-likeness (QED) is 0.710. The third-order valence-corrected chi connectivity index (χ3v) is 3.17. The summed E-state index contributed by atoms with van der Waals surface area (Å²) in [6.45, 7) is 13.1. The lowest BCUT2D eigenvalue weighted by atomic mass is 9.89. The molecule has 18 heavy (non-hydrogen) atoms. The van der Waals surface area contributed by atoms with Crippen LogP contribution in [0.25, 0.3) is 11.0 Å². The van der Waals surface area contributed by atoms with Crippen LogP contribution in [0.3, 0.4) is 0 Å².